The molecule has 0 bridgehead atoms. The Kier molecular flexibility index (Phi) is 5.49. The molecule has 0 spiro atoms. The maximum absolute atomic E-state index is 11.5. The number of aliphatic carboxylic acids is 2. The Bertz CT molecular complexity index is 890. The van der Waals surface area contributed by atoms with Gasteiger partial charge in [-0.15, -0.1) is 0 Å². The molecule has 1 heterocycles. The predicted octanol–water partition coefficient (Wildman–Crippen LogP) is 3.50. The van der Waals surface area contributed by atoms with Crippen molar-refractivity contribution in [2.45, 2.75) is 29.7 Å². The minimum absolute atomic E-state index is 0.506. The Hall–Kier alpha value is -1.68. The first-order chi connectivity index (χ1) is 12.7. The Morgan fingerprint density at radius 2 is 1.74 bits per heavy atom. The third kappa shape index (κ3) is 3.33. The van der Waals surface area contributed by atoms with Gasteiger partial charge in [0.1, 0.15) is 5.75 Å². The van der Waals surface area contributed by atoms with Crippen LogP contribution < -0.4 is 4.74 Å². The third-order valence-electron chi connectivity index (χ3n) is 4.43. The van der Waals surface area contributed by atoms with E-state index in [0.717, 1.165) is 15.2 Å². The van der Waals surface area contributed by atoms with E-state index < -0.39 is 34.8 Å². The van der Waals surface area contributed by atoms with Gasteiger partial charge in [-0.3, -0.25) is 0 Å². The molecule has 2 aromatic rings. The fourth-order valence-electron chi connectivity index (χ4n) is 3.09. The lowest BCUT2D eigenvalue weighted by molar-refractivity contribution is -0.191. The smallest absolute Gasteiger partial charge is 0.336 e. The summed E-state index contributed by atoms with van der Waals surface area (Å²) in [5.41, 5.74) is 0.506. The van der Waals surface area contributed by atoms with Crippen LogP contribution in [0.15, 0.2) is 34.8 Å². The lowest BCUT2D eigenvalue weighted by Gasteiger charge is -2.31. The summed E-state index contributed by atoms with van der Waals surface area (Å²) in [6.45, 7) is 1.71. The van der Waals surface area contributed by atoms with Gasteiger partial charge in [0.25, 0.3) is 0 Å². The lowest BCUT2D eigenvalue weighted by Crippen LogP contribution is -2.37. The van der Waals surface area contributed by atoms with Crippen LogP contribution in [0.3, 0.4) is 0 Å². The maximum Gasteiger partial charge on any atom is 0.336 e. The Labute approximate surface area is 171 Å². The van der Waals surface area contributed by atoms with Crippen LogP contribution in [0.5, 0.6) is 5.75 Å². The first-order valence-electron chi connectivity index (χ1n) is 7.93. The van der Waals surface area contributed by atoms with Crippen LogP contribution >= 0.6 is 31.9 Å². The van der Waals surface area contributed by atoms with E-state index >= 15 is 0 Å². The van der Waals surface area contributed by atoms with Crippen LogP contribution in [0, 0.1) is 0 Å². The second-order valence-corrected chi connectivity index (χ2v) is 8.22. The first-order valence-corrected chi connectivity index (χ1v) is 9.64. The summed E-state index contributed by atoms with van der Waals surface area (Å²) in [5.74, 6) is -3.69. The normalized spacial score (nSPS) is 22.5. The zero-order valence-electron chi connectivity index (χ0n) is 14.3. The molecule has 2 N–H and O–H groups in total. The van der Waals surface area contributed by atoms with Gasteiger partial charge in [-0.2, -0.15) is 0 Å². The highest BCUT2D eigenvalue weighted by molar-refractivity contribution is 9.10. The molecule has 144 valence electrons. The van der Waals surface area contributed by atoms with Crippen molar-refractivity contribution in [2.24, 2.45) is 0 Å². The summed E-state index contributed by atoms with van der Waals surface area (Å²) in [5, 5.41) is 20.4. The molecule has 2 aromatic carbocycles. The monoisotopic (exact) mass is 502 g/mol. The lowest BCUT2D eigenvalue weighted by atomic mass is 9.99. The van der Waals surface area contributed by atoms with Gasteiger partial charge in [-0.25, -0.2) is 9.59 Å². The topological polar surface area (TPSA) is 102 Å². The number of halogens is 2. The minimum Gasteiger partial charge on any atom is -0.496 e. The van der Waals surface area contributed by atoms with Gasteiger partial charge in [-0.05, 0) is 45.8 Å². The molecule has 1 fully saturated rings. The van der Waals surface area contributed by atoms with Crippen molar-refractivity contribution in [3.63, 3.8) is 0 Å². The van der Waals surface area contributed by atoms with E-state index in [9.17, 15) is 19.8 Å². The molecule has 3 rings (SSSR count). The van der Waals surface area contributed by atoms with Crippen LogP contribution in [0.1, 0.15) is 12.5 Å². The van der Waals surface area contributed by atoms with Crippen molar-refractivity contribution >= 4 is 54.6 Å². The van der Waals surface area contributed by atoms with Crippen molar-refractivity contribution in [3.05, 3.63) is 40.4 Å². The number of fused-ring (bicyclic) bond motifs is 1. The van der Waals surface area contributed by atoms with Crippen LogP contribution in [0.4, 0.5) is 0 Å². The van der Waals surface area contributed by atoms with Crippen molar-refractivity contribution in [3.8, 4) is 5.75 Å². The Morgan fingerprint density at radius 1 is 1.15 bits per heavy atom. The van der Waals surface area contributed by atoms with E-state index in [0.29, 0.717) is 11.3 Å². The van der Waals surface area contributed by atoms with Crippen LogP contribution in [0.25, 0.3) is 10.8 Å². The van der Waals surface area contributed by atoms with E-state index in [2.05, 4.69) is 31.9 Å². The molecule has 9 heteroatoms. The van der Waals surface area contributed by atoms with Crippen molar-refractivity contribution in [1.29, 1.82) is 0 Å². The quantitative estimate of drug-likeness (QED) is 0.602. The number of benzene rings is 2. The van der Waals surface area contributed by atoms with Crippen LogP contribution in [-0.2, 0) is 24.8 Å². The summed E-state index contributed by atoms with van der Waals surface area (Å²) >= 11 is 6.88. The predicted molar refractivity (Wildman–Crippen MR) is 103 cm³/mol. The number of carbonyl (C=O) groups is 2. The zero-order valence-corrected chi connectivity index (χ0v) is 17.5. The average Bonchev–Trinajstić information content (AvgIpc) is 3.05. The van der Waals surface area contributed by atoms with Crippen LogP contribution in [0.2, 0.25) is 0 Å². The zero-order chi connectivity index (χ0) is 19.9. The molecule has 0 aliphatic carbocycles. The van der Waals surface area contributed by atoms with E-state index in [1.54, 1.807) is 32.2 Å². The number of rotatable bonds is 5. The van der Waals surface area contributed by atoms with Crippen molar-refractivity contribution in [2.75, 3.05) is 7.11 Å². The van der Waals surface area contributed by atoms with Gasteiger partial charge in [-0.1, -0.05) is 34.1 Å². The largest absolute Gasteiger partial charge is 0.496 e. The molecule has 27 heavy (non-hydrogen) atoms. The Morgan fingerprint density at radius 3 is 2.22 bits per heavy atom. The number of hydrogen-bond acceptors (Lipinski definition) is 5. The van der Waals surface area contributed by atoms with Gasteiger partial charge in [0.15, 0.2) is 12.2 Å². The highest BCUT2D eigenvalue weighted by Crippen LogP contribution is 2.45. The molecule has 0 radical (unpaired) electrons. The fraction of sp³-hybridized carbons (Fsp3) is 0.333. The minimum atomic E-state index is -1.62. The van der Waals surface area contributed by atoms with E-state index in [-0.39, 0.29) is 0 Å². The Balaban J connectivity index is 2.13. The van der Waals surface area contributed by atoms with Gasteiger partial charge in [0, 0.05) is 5.56 Å². The maximum atomic E-state index is 11.5. The summed E-state index contributed by atoms with van der Waals surface area (Å²) in [7, 11) is 1.57. The molecule has 1 saturated heterocycles. The summed E-state index contributed by atoms with van der Waals surface area (Å²) in [6.07, 6.45) is -3.25. The third-order valence-corrected chi connectivity index (χ3v) is 5.85. The van der Waals surface area contributed by atoms with E-state index in [1.165, 1.54) is 0 Å². The first kappa shape index (κ1) is 20.1. The van der Waals surface area contributed by atoms with Crippen LogP contribution in [-0.4, -0.2) is 46.3 Å². The molecular weight excluding hydrogens is 488 g/mol. The number of methoxy groups -OCH3 is 1. The molecule has 1 aliphatic rings. The van der Waals surface area contributed by atoms with Crippen molar-refractivity contribution in [1.82, 2.24) is 0 Å². The average molecular weight is 504 g/mol. The van der Waals surface area contributed by atoms with Crippen molar-refractivity contribution < 1.29 is 34.0 Å². The summed E-state index contributed by atoms with van der Waals surface area (Å²) < 4.78 is 17.4. The number of hydrogen-bond donors (Lipinski definition) is 2. The van der Waals surface area contributed by atoms with Gasteiger partial charge in [0.05, 0.1) is 16.4 Å². The van der Waals surface area contributed by atoms with Gasteiger partial charge in [0.2, 0.25) is 5.79 Å². The van der Waals surface area contributed by atoms with E-state index in [1.807, 2.05) is 12.1 Å². The van der Waals surface area contributed by atoms with E-state index in [4.69, 9.17) is 14.2 Å². The molecule has 1 aliphatic heterocycles. The second kappa shape index (κ2) is 7.38. The fourth-order valence-corrected chi connectivity index (χ4v) is 4.22. The molecule has 0 saturated carbocycles. The molecular formula is C18H16Br2O7. The number of ether oxygens (including phenoxy) is 3. The molecule has 7 nitrogen and oxygen atoms in total. The summed E-state index contributed by atoms with van der Waals surface area (Å²) in [4.78, 5) is 22.4. The highest BCUT2D eigenvalue weighted by atomic mass is 79.9. The number of carboxylic acid groups (broad SMARTS) is 2. The second-order valence-electron chi connectivity index (χ2n) is 6.05. The molecule has 0 amide bonds. The van der Waals surface area contributed by atoms with Gasteiger partial charge < -0.3 is 24.4 Å². The van der Waals surface area contributed by atoms with Gasteiger partial charge >= 0.3 is 11.9 Å². The number of carboxylic acids is 2. The molecule has 0 unspecified atom stereocenters. The SMILES string of the molecule is COc1ccc2cc(C3([C@@H](C)Br)O[C@@H](C(=O)O)[C@H](C(=O)O)O3)ccc2c1Br. The molecule has 0 aromatic heterocycles. The highest BCUT2D eigenvalue weighted by Gasteiger charge is 2.57. The molecule has 3 atom stereocenters. The number of alkyl halides is 1. The summed E-state index contributed by atoms with van der Waals surface area (Å²) in [6, 6.07) is 8.93. The standard InChI is InChI=1S/C18H16Br2O7/c1-8(19)18(26-14(16(21)22)15(27-18)17(23)24)10-4-5-11-9(7-10)3-6-12(25-2)13(11)20/h3-8,14-15H,1-2H3,(H,21,22)(H,23,24)/t8-,14-,15-/m1/s1.